The van der Waals surface area contributed by atoms with Gasteiger partial charge in [0.05, 0.1) is 17.3 Å². The fourth-order valence-corrected chi connectivity index (χ4v) is 1.21. The summed E-state index contributed by atoms with van der Waals surface area (Å²) < 4.78 is 5.90. The van der Waals surface area contributed by atoms with E-state index >= 15 is 0 Å². The van der Waals surface area contributed by atoms with Crippen LogP contribution in [0.25, 0.3) is 0 Å². The van der Waals surface area contributed by atoms with E-state index in [-0.39, 0.29) is 0 Å². The summed E-state index contributed by atoms with van der Waals surface area (Å²) in [5.74, 6) is 0.704. The molecule has 0 saturated heterocycles. The van der Waals surface area contributed by atoms with E-state index < -0.39 is 0 Å². The highest BCUT2D eigenvalue weighted by Crippen LogP contribution is 2.27. The zero-order valence-corrected chi connectivity index (χ0v) is 8.05. The van der Waals surface area contributed by atoms with Crippen LogP contribution in [0.3, 0.4) is 0 Å². The molecule has 3 nitrogen and oxygen atoms in total. The molecule has 1 N–H and O–H groups in total. The fraction of sp³-hybridized carbons (Fsp3) is 0.125. The minimum absolute atomic E-state index is 0.704. The third-order valence-electron chi connectivity index (χ3n) is 1.35. The molecule has 12 heavy (non-hydrogen) atoms. The number of methoxy groups -OCH3 is 1. The van der Waals surface area contributed by atoms with E-state index in [1.165, 1.54) is 0 Å². The molecule has 4 heteroatoms. The van der Waals surface area contributed by atoms with Crippen LogP contribution in [-0.4, -0.2) is 7.11 Å². The smallest absolute Gasteiger partial charge is 0.181 e. The van der Waals surface area contributed by atoms with Crippen molar-refractivity contribution in [1.29, 1.82) is 5.26 Å². The first kappa shape index (κ1) is 8.88. The highest BCUT2D eigenvalue weighted by Gasteiger charge is 1.99. The summed E-state index contributed by atoms with van der Waals surface area (Å²) >= 11 is 3.31. The zero-order valence-electron chi connectivity index (χ0n) is 6.47. The summed E-state index contributed by atoms with van der Waals surface area (Å²) in [5, 5.41) is 10.9. The molecule has 0 aliphatic carbocycles. The molecule has 1 rings (SSSR count). The van der Waals surface area contributed by atoms with E-state index in [2.05, 4.69) is 21.2 Å². The second-order valence-corrected chi connectivity index (χ2v) is 2.94. The standard InChI is InChI=1S/C8H7BrN2O/c1-12-8-4-6(11-5-10)2-3-7(8)9/h2-4,11H,1H3. The van der Waals surface area contributed by atoms with Crippen LogP contribution >= 0.6 is 15.9 Å². The number of hydrogen-bond acceptors (Lipinski definition) is 3. The van der Waals surface area contributed by atoms with Crippen LogP contribution in [0.4, 0.5) is 5.69 Å². The van der Waals surface area contributed by atoms with Crippen LogP contribution in [0.15, 0.2) is 22.7 Å². The number of ether oxygens (including phenoxy) is 1. The number of hydrogen-bond donors (Lipinski definition) is 1. The molecule has 1 aromatic rings. The van der Waals surface area contributed by atoms with E-state index in [0.717, 1.165) is 10.2 Å². The van der Waals surface area contributed by atoms with Crippen LogP contribution < -0.4 is 10.1 Å². The molecule has 0 saturated carbocycles. The van der Waals surface area contributed by atoms with E-state index in [0.29, 0.717) is 5.75 Å². The van der Waals surface area contributed by atoms with Gasteiger partial charge in [0, 0.05) is 6.07 Å². The first-order chi connectivity index (χ1) is 5.77. The molecule has 0 aromatic heterocycles. The highest BCUT2D eigenvalue weighted by molar-refractivity contribution is 9.10. The Morgan fingerprint density at radius 1 is 1.58 bits per heavy atom. The Morgan fingerprint density at radius 2 is 2.33 bits per heavy atom. The maximum absolute atomic E-state index is 8.34. The van der Waals surface area contributed by atoms with Crippen LogP contribution in [0, 0.1) is 11.5 Å². The monoisotopic (exact) mass is 226 g/mol. The van der Waals surface area contributed by atoms with Gasteiger partial charge >= 0.3 is 0 Å². The van der Waals surface area contributed by atoms with Crippen molar-refractivity contribution >= 4 is 21.6 Å². The fourth-order valence-electron chi connectivity index (χ4n) is 0.802. The van der Waals surface area contributed by atoms with Gasteiger partial charge in [0.2, 0.25) is 0 Å². The predicted molar refractivity (Wildman–Crippen MR) is 49.9 cm³/mol. The van der Waals surface area contributed by atoms with Crippen molar-refractivity contribution in [1.82, 2.24) is 0 Å². The molecule has 62 valence electrons. The van der Waals surface area contributed by atoms with Crippen LogP contribution in [0.1, 0.15) is 0 Å². The van der Waals surface area contributed by atoms with Gasteiger partial charge in [-0.05, 0) is 28.1 Å². The zero-order chi connectivity index (χ0) is 8.97. The molecule has 0 bridgehead atoms. The predicted octanol–water partition coefficient (Wildman–Crippen LogP) is 2.35. The van der Waals surface area contributed by atoms with Gasteiger partial charge in [-0.3, -0.25) is 5.32 Å². The van der Waals surface area contributed by atoms with Gasteiger partial charge in [-0.25, -0.2) is 0 Å². The Kier molecular flexibility index (Phi) is 2.94. The van der Waals surface area contributed by atoms with Gasteiger partial charge in [-0.2, -0.15) is 5.26 Å². The average molecular weight is 227 g/mol. The molecular weight excluding hydrogens is 220 g/mol. The second kappa shape index (κ2) is 3.98. The summed E-state index contributed by atoms with van der Waals surface area (Å²) in [4.78, 5) is 0. The summed E-state index contributed by atoms with van der Waals surface area (Å²) in [6.07, 6.45) is 1.83. The Morgan fingerprint density at radius 3 is 2.92 bits per heavy atom. The van der Waals surface area contributed by atoms with Crippen LogP contribution in [-0.2, 0) is 0 Å². The molecule has 1 aromatic carbocycles. The molecule has 0 unspecified atom stereocenters. The van der Waals surface area contributed by atoms with E-state index in [9.17, 15) is 0 Å². The van der Waals surface area contributed by atoms with E-state index in [1.807, 2.05) is 12.3 Å². The van der Waals surface area contributed by atoms with E-state index in [4.69, 9.17) is 10.00 Å². The number of nitrogens with one attached hydrogen (secondary N) is 1. The number of anilines is 1. The quantitative estimate of drug-likeness (QED) is 0.623. The SMILES string of the molecule is COc1cc(NC#N)ccc1Br. The maximum Gasteiger partial charge on any atom is 0.181 e. The largest absolute Gasteiger partial charge is 0.495 e. The van der Waals surface area contributed by atoms with Crippen LogP contribution in [0.2, 0.25) is 0 Å². The number of halogens is 1. The molecule has 0 heterocycles. The summed E-state index contributed by atoms with van der Waals surface area (Å²) in [6.45, 7) is 0. The average Bonchev–Trinajstić information content (AvgIpc) is 2.09. The number of nitrogens with zero attached hydrogens (tertiary/aromatic N) is 1. The number of rotatable bonds is 2. The van der Waals surface area contributed by atoms with Crippen molar-refractivity contribution < 1.29 is 4.74 Å². The van der Waals surface area contributed by atoms with Crippen molar-refractivity contribution in [2.24, 2.45) is 0 Å². The first-order valence-corrected chi connectivity index (χ1v) is 4.06. The van der Waals surface area contributed by atoms with Gasteiger partial charge in [0.15, 0.2) is 6.19 Å². The van der Waals surface area contributed by atoms with Crippen molar-refractivity contribution in [3.8, 4) is 11.9 Å². The van der Waals surface area contributed by atoms with Crippen LogP contribution in [0.5, 0.6) is 5.75 Å². The molecule has 0 aliphatic rings. The van der Waals surface area contributed by atoms with Gasteiger partial charge in [-0.15, -0.1) is 0 Å². The lowest BCUT2D eigenvalue weighted by atomic mass is 10.3. The highest BCUT2D eigenvalue weighted by atomic mass is 79.9. The lowest BCUT2D eigenvalue weighted by molar-refractivity contribution is 0.412. The minimum Gasteiger partial charge on any atom is -0.495 e. The minimum atomic E-state index is 0.704. The molecular formula is C8H7BrN2O. The second-order valence-electron chi connectivity index (χ2n) is 2.09. The molecule has 0 spiro atoms. The number of benzene rings is 1. The summed E-state index contributed by atoms with van der Waals surface area (Å²) in [6, 6.07) is 5.35. The molecule has 0 radical (unpaired) electrons. The van der Waals surface area contributed by atoms with E-state index in [1.54, 1.807) is 19.2 Å². The third kappa shape index (κ3) is 1.89. The van der Waals surface area contributed by atoms with Crippen molar-refractivity contribution in [3.05, 3.63) is 22.7 Å². The van der Waals surface area contributed by atoms with Gasteiger partial charge < -0.3 is 4.74 Å². The molecule has 0 aliphatic heterocycles. The van der Waals surface area contributed by atoms with Gasteiger partial charge in [0.1, 0.15) is 5.75 Å². The lowest BCUT2D eigenvalue weighted by Gasteiger charge is -2.04. The Labute approximate surface area is 79.1 Å². The molecule has 0 amide bonds. The maximum atomic E-state index is 8.34. The summed E-state index contributed by atoms with van der Waals surface area (Å²) in [7, 11) is 1.58. The Hall–Kier alpha value is -1.21. The Balaban J connectivity index is 2.98. The molecule has 0 atom stereocenters. The molecule has 0 fully saturated rings. The normalized spacial score (nSPS) is 8.75. The third-order valence-corrected chi connectivity index (χ3v) is 2.01. The summed E-state index contributed by atoms with van der Waals surface area (Å²) in [5.41, 5.74) is 0.720. The van der Waals surface area contributed by atoms with Crippen molar-refractivity contribution in [2.45, 2.75) is 0 Å². The first-order valence-electron chi connectivity index (χ1n) is 3.26. The van der Waals surface area contributed by atoms with Gasteiger partial charge in [-0.1, -0.05) is 0 Å². The van der Waals surface area contributed by atoms with Crippen molar-refractivity contribution in [2.75, 3.05) is 12.4 Å². The van der Waals surface area contributed by atoms with Gasteiger partial charge in [0.25, 0.3) is 0 Å². The number of nitriles is 1. The lowest BCUT2D eigenvalue weighted by Crippen LogP contribution is -1.89. The topological polar surface area (TPSA) is 45.0 Å². The Bertz CT molecular complexity index is 319. The van der Waals surface area contributed by atoms with Crippen molar-refractivity contribution in [3.63, 3.8) is 0 Å².